The van der Waals surface area contributed by atoms with E-state index in [1.807, 2.05) is 0 Å². The monoisotopic (exact) mass is 399 g/mol. The number of anilines is 1. The van der Waals surface area contributed by atoms with E-state index in [-0.39, 0.29) is 24.2 Å². The van der Waals surface area contributed by atoms with Gasteiger partial charge in [0.05, 0.1) is 11.7 Å². The molecule has 3 aromatic carbocycles. The quantitative estimate of drug-likeness (QED) is 0.423. The molecular weight excluding hydrogens is 382 g/mol. The fraction of sp³-hybridized carbons (Fsp3) is 0.136. The predicted molar refractivity (Wildman–Crippen MR) is 103 cm³/mol. The molecular formula is C22H17F4N3. The second-order valence-electron chi connectivity index (χ2n) is 6.77. The Kier molecular flexibility index (Phi) is 4.96. The molecule has 4 rings (SSSR count). The number of halogens is 4. The Hall–Kier alpha value is -3.35. The fourth-order valence-corrected chi connectivity index (χ4v) is 3.33. The van der Waals surface area contributed by atoms with Crippen LogP contribution in [0.4, 0.5) is 23.2 Å². The van der Waals surface area contributed by atoms with Crippen LogP contribution in [0.2, 0.25) is 0 Å². The summed E-state index contributed by atoms with van der Waals surface area (Å²) in [5.74, 6) is -2.86. The zero-order chi connectivity index (χ0) is 20.5. The summed E-state index contributed by atoms with van der Waals surface area (Å²) in [6.07, 6.45) is 1.66. The highest BCUT2D eigenvalue weighted by Crippen LogP contribution is 2.27. The Labute approximate surface area is 164 Å². The summed E-state index contributed by atoms with van der Waals surface area (Å²) in [5, 5.41) is 4.98. The first-order valence-corrected chi connectivity index (χ1v) is 8.96. The minimum absolute atomic E-state index is 0.171. The molecule has 1 aromatic heterocycles. The molecule has 1 heterocycles. The van der Waals surface area contributed by atoms with Gasteiger partial charge in [0.15, 0.2) is 0 Å². The smallest absolute Gasteiger partial charge is 0.131 e. The van der Waals surface area contributed by atoms with Crippen LogP contribution < -0.4 is 4.90 Å². The summed E-state index contributed by atoms with van der Waals surface area (Å²) in [4.78, 5) is 1.54. The first kappa shape index (κ1) is 19.0. The molecule has 29 heavy (non-hydrogen) atoms. The number of hydrogen-bond acceptors (Lipinski definition) is 2. The molecule has 0 spiro atoms. The lowest BCUT2D eigenvalue weighted by Crippen LogP contribution is -2.24. The topological polar surface area (TPSA) is 21.1 Å². The van der Waals surface area contributed by atoms with Crippen molar-refractivity contribution in [3.8, 4) is 0 Å². The van der Waals surface area contributed by atoms with Gasteiger partial charge in [-0.15, -0.1) is 0 Å². The van der Waals surface area contributed by atoms with E-state index < -0.39 is 23.3 Å². The fourth-order valence-electron chi connectivity index (χ4n) is 3.33. The molecule has 148 valence electrons. The molecule has 3 nitrogen and oxygen atoms in total. The second-order valence-corrected chi connectivity index (χ2v) is 6.77. The van der Waals surface area contributed by atoms with Crippen molar-refractivity contribution in [1.82, 2.24) is 9.78 Å². The van der Waals surface area contributed by atoms with Crippen LogP contribution in [0.15, 0.2) is 60.8 Å². The van der Waals surface area contributed by atoms with Crippen molar-refractivity contribution in [1.29, 1.82) is 0 Å². The first-order valence-electron chi connectivity index (χ1n) is 8.96. The maximum Gasteiger partial charge on any atom is 0.131 e. The van der Waals surface area contributed by atoms with Crippen LogP contribution in [0.3, 0.4) is 0 Å². The maximum absolute atomic E-state index is 14.3. The van der Waals surface area contributed by atoms with E-state index in [1.54, 1.807) is 36.1 Å². The Bertz CT molecular complexity index is 1090. The molecule has 0 atom stereocenters. The molecule has 0 amide bonds. The summed E-state index contributed by atoms with van der Waals surface area (Å²) in [6, 6.07) is 12.5. The third kappa shape index (κ3) is 3.68. The molecule has 0 radical (unpaired) electrons. The van der Waals surface area contributed by atoms with Crippen molar-refractivity contribution < 1.29 is 17.6 Å². The lowest BCUT2D eigenvalue weighted by Gasteiger charge is -2.26. The van der Waals surface area contributed by atoms with E-state index in [0.717, 1.165) is 35.2 Å². The highest BCUT2D eigenvalue weighted by atomic mass is 19.1. The molecule has 0 fully saturated rings. The number of benzene rings is 3. The van der Waals surface area contributed by atoms with E-state index in [9.17, 15) is 17.6 Å². The standard InChI is InChI=1S/C22H17F4N3/c1-28-22-9-8-15(10-14(22)11-27-28)29(12-16-18(23)4-2-5-19(16)24)13-17-20(25)6-3-7-21(17)26/h2-11H,12-13H2,1H3. The molecule has 0 unspecified atom stereocenters. The van der Waals surface area contributed by atoms with Crippen molar-refractivity contribution in [2.24, 2.45) is 7.05 Å². The zero-order valence-corrected chi connectivity index (χ0v) is 15.5. The Morgan fingerprint density at radius 1 is 0.793 bits per heavy atom. The third-order valence-electron chi connectivity index (χ3n) is 4.92. The molecule has 0 saturated carbocycles. The third-order valence-corrected chi connectivity index (χ3v) is 4.92. The first-order chi connectivity index (χ1) is 13.9. The maximum atomic E-state index is 14.3. The van der Waals surface area contributed by atoms with Gasteiger partial charge in [-0.3, -0.25) is 4.68 Å². The van der Waals surface area contributed by atoms with E-state index >= 15 is 0 Å². The van der Waals surface area contributed by atoms with Crippen LogP contribution in [-0.2, 0) is 20.1 Å². The Balaban J connectivity index is 1.79. The SMILES string of the molecule is Cn1ncc2cc(N(Cc3c(F)cccc3F)Cc3c(F)cccc3F)ccc21. The van der Waals surface area contributed by atoms with Crippen molar-refractivity contribution in [2.45, 2.75) is 13.1 Å². The van der Waals surface area contributed by atoms with Crippen LogP contribution in [0.25, 0.3) is 10.9 Å². The number of aryl methyl sites for hydroxylation is 1. The average Bonchev–Trinajstić information content (AvgIpc) is 3.06. The van der Waals surface area contributed by atoms with E-state index in [4.69, 9.17) is 0 Å². The van der Waals surface area contributed by atoms with E-state index in [2.05, 4.69) is 5.10 Å². The van der Waals surface area contributed by atoms with Gasteiger partial charge in [-0.05, 0) is 42.5 Å². The number of rotatable bonds is 5. The van der Waals surface area contributed by atoms with Gasteiger partial charge in [0.25, 0.3) is 0 Å². The average molecular weight is 399 g/mol. The van der Waals surface area contributed by atoms with Crippen LogP contribution >= 0.6 is 0 Å². The zero-order valence-electron chi connectivity index (χ0n) is 15.5. The summed E-state index contributed by atoms with van der Waals surface area (Å²) >= 11 is 0. The van der Waals surface area contributed by atoms with Crippen LogP contribution in [0.1, 0.15) is 11.1 Å². The number of aromatic nitrogens is 2. The summed E-state index contributed by atoms with van der Waals surface area (Å²) in [5.41, 5.74) is 1.09. The molecule has 7 heteroatoms. The number of fused-ring (bicyclic) bond motifs is 1. The van der Waals surface area contributed by atoms with Gasteiger partial charge < -0.3 is 4.90 Å². The molecule has 4 aromatic rings. The number of nitrogens with zero attached hydrogens (tertiary/aromatic N) is 3. The van der Waals surface area contributed by atoms with Crippen molar-refractivity contribution in [3.05, 3.63) is 95.2 Å². The summed E-state index contributed by atoms with van der Waals surface area (Å²) in [7, 11) is 1.79. The molecule has 0 aliphatic carbocycles. The molecule has 0 bridgehead atoms. The largest absolute Gasteiger partial charge is 0.362 e. The van der Waals surface area contributed by atoms with Crippen LogP contribution in [0, 0.1) is 23.3 Å². The summed E-state index contributed by atoms with van der Waals surface area (Å²) in [6.45, 7) is -0.393. The van der Waals surface area contributed by atoms with Gasteiger partial charge in [0.1, 0.15) is 23.3 Å². The van der Waals surface area contributed by atoms with Crippen LogP contribution in [-0.4, -0.2) is 9.78 Å². The van der Waals surface area contributed by atoms with Gasteiger partial charge in [-0.25, -0.2) is 17.6 Å². The Morgan fingerprint density at radius 3 is 1.83 bits per heavy atom. The van der Waals surface area contributed by atoms with Gasteiger partial charge in [-0.1, -0.05) is 12.1 Å². The number of hydrogen-bond donors (Lipinski definition) is 0. The van der Waals surface area contributed by atoms with Crippen molar-refractivity contribution in [3.63, 3.8) is 0 Å². The Morgan fingerprint density at radius 2 is 1.31 bits per heavy atom. The van der Waals surface area contributed by atoms with E-state index in [1.165, 1.54) is 17.0 Å². The normalized spacial score (nSPS) is 11.2. The van der Waals surface area contributed by atoms with E-state index in [0.29, 0.717) is 5.69 Å². The van der Waals surface area contributed by atoms with Crippen LogP contribution in [0.5, 0.6) is 0 Å². The van der Waals surface area contributed by atoms with Gasteiger partial charge in [-0.2, -0.15) is 5.10 Å². The van der Waals surface area contributed by atoms with Gasteiger partial charge >= 0.3 is 0 Å². The highest BCUT2D eigenvalue weighted by molar-refractivity contribution is 5.82. The van der Waals surface area contributed by atoms with Gasteiger partial charge in [0.2, 0.25) is 0 Å². The minimum atomic E-state index is -0.716. The molecule has 0 saturated heterocycles. The molecule has 0 aliphatic rings. The summed E-state index contributed by atoms with van der Waals surface area (Å²) < 4.78 is 58.7. The van der Waals surface area contributed by atoms with Crippen molar-refractivity contribution in [2.75, 3.05) is 4.90 Å². The predicted octanol–water partition coefficient (Wildman–Crippen LogP) is 5.34. The van der Waals surface area contributed by atoms with Crippen molar-refractivity contribution >= 4 is 16.6 Å². The second kappa shape index (κ2) is 7.58. The minimum Gasteiger partial charge on any atom is -0.362 e. The lowest BCUT2D eigenvalue weighted by molar-refractivity contribution is 0.534. The molecule has 0 N–H and O–H groups in total. The van der Waals surface area contributed by atoms with Gasteiger partial charge in [0, 0.05) is 42.3 Å². The lowest BCUT2D eigenvalue weighted by atomic mass is 10.1. The highest BCUT2D eigenvalue weighted by Gasteiger charge is 2.19. The molecule has 0 aliphatic heterocycles.